The molecule has 1 aromatic heterocycles. The molecule has 178 valence electrons. The van der Waals surface area contributed by atoms with E-state index in [9.17, 15) is 0 Å². The zero-order valence-corrected chi connectivity index (χ0v) is 20.6. The molecule has 4 aromatic rings. The second kappa shape index (κ2) is 9.98. The van der Waals surface area contributed by atoms with Gasteiger partial charge in [-0.15, -0.1) is 0 Å². The maximum atomic E-state index is 6.12. The zero-order chi connectivity index (χ0) is 23.6. The van der Waals surface area contributed by atoms with Crippen molar-refractivity contribution in [3.8, 4) is 11.1 Å². The van der Waals surface area contributed by atoms with Crippen LogP contribution in [0.15, 0.2) is 79.0 Å². The van der Waals surface area contributed by atoms with E-state index in [4.69, 9.17) is 11.6 Å². The minimum Gasteiger partial charge on any atom is -0.384 e. The first kappa shape index (κ1) is 22.5. The Hall–Kier alpha value is -2.92. The number of hydrogen-bond donors (Lipinski definition) is 2. The van der Waals surface area contributed by atoms with Crippen LogP contribution in [0.5, 0.6) is 0 Å². The third-order valence-electron chi connectivity index (χ3n) is 7.50. The Kier molecular flexibility index (Phi) is 6.43. The average molecular weight is 483 g/mol. The lowest BCUT2D eigenvalue weighted by Gasteiger charge is -2.34. The Bertz CT molecular complexity index is 1280. The van der Waals surface area contributed by atoms with Crippen molar-refractivity contribution in [2.75, 3.05) is 31.5 Å². The lowest BCUT2D eigenvalue weighted by Crippen LogP contribution is -2.44. The number of hydrogen-bond acceptors (Lipinski definition) is 4. The Morgan fingerprint density at radius 2 is 1.60 bits per heavy atom. The molecule has 0 atom stereocenters. The number of aromatic nitrogens is 1. The van der Waals surface area contributed by atoms with E-state index in [1.54, 1.807) is 0 Å². The van der Waals surface area contributed by atoms with Gasteiger partial charge in [0, 0.05) is 34.9 Å². The van der Waals surface area contributed by atoms with Crippen molar-refractivity contribution < 1.29 is 0 Å². The van der Waals surface area contributed by atoms with Crippen LogP contribution in [0, 0.1) is 0 Å². The van der Waals surface area contributed by atoms with Gasteiger partial charge in [0.25, 0.3) is 0 Å². The molecule has 1 aliphatic heterocycles. The van der Waals surface area contributed by atoms with E-state index in [0.717, 1.165) is 54.2 Å². The van der Waals surface area contributed by atoms with Crippen molar-refractivity contribution in [2.24, 2.45) is 0 Å². The van der Waals surface area contributed by atoms with Gasteiger partial charge in [0.1, 0.15) is 0 Å². The van der Waals surface area contributed by atoms with Crippen LogP contribution in [-0.2, 0) is 0 Å². The highest BCUT2D eigenvalue weighted by molar-refractivity contribution is 6.31. The number of pyridine rings is 1. The minimum absolute atomic E-state index is 0.313. The van der Waals surface area contributed by atoms with Crippen LogP contribution >= 0.6 is 11.6 Å². The Morgan fingerprint density at radius 1 is 0.886 bits per heavy atom. The summed E-state index contributed by atoms with van der Waals surface area (Å²) in [7, 11) is 0. The van der Waals surface area contributed by atoms with Crippen molar-refractivity contribution in [2.45, 2.75) is 31.3 Å². The van der Waals surface area contributed by atoms with Gasteiger partial charge in [0.2, 0.25) is 0 Å². The summed E-state index contributed by atoms with van der Waals surface area (Å²) in [6, 6.07) is 26.5. The Morgan fingerprint density at radius 3 is 2.34 bits per heavy atom. The maximum Gasteiger partial charge on any atom is 0.0737 e. The standard InChI is InChI=1S/C30H31ClN4/c31-21-10-11-27-28(12-16-33-29(27)20-21)32-15-5-17-35-18-13-22(14-19-35)34-30-25-8-3-1-6-23(25)24-7-2-4-9-26(24)30/h1-4,6-12,16,20,22,30,34H,5,13-15,17-19H2,(H,32,33). The number of nitrogens with zero attached hydrogens (tertiary/aromatic N) is 2. The summed E-state index contributed by atoms with van der Waals surface area (Å²) in [6.07, 6.45) is 5.37. The van der Waals surface area contributed by atoms with Gasteiger partial charge < -0.3 is 15.5 Å². The summed E-state index contributed by atoms with van der Waals surface area (Å²) in [6.45, 7) is 4.40. The second-order valence-corrected chi connectivity index (χ2v) is 10.1. The van der Waals surface area contributed by atoms with Crippen molar-refractivity contribution in [1.29, 1.82) is 0 Å². The van der Waals surface area contributed by atoms with Gasteiger partial charge in [-0.3, -0.25) is 4.98 Å². The molecule has 1 aliphatic carbocycles. The number of halogens is 1. The quantitative estimate of drug-likeness (QED) is 0.294. The summed E-state index contributed by atoms with van der Waals surface area (Å²) < 4.78 is 0. The van der Waals surface area contributed by atoms with E-state index in [0.29, 0.717) is 12.1 Å². The van der Waals surface area contributed by atoms with Gasteiger partial charge in [0.15, 0.2) is 0 Å². The first-order valence-electron chi connectivity index (χ1n) is 12.7. The minimum atomic E-state index is 0.313. The molecule has 1 fully saturated rings. The molecule has 3 aromatic carbocycles. The topological polar surface area (TPSA) is 40.2 Å². The van der Waals surface area contributed by atoms with Gasteiger partial charge in [-0.05, 0) is 85.4 Å². The summed E-state index contributed by atoms with van der Waals surface area (Å²) >= 11 is 6.12. The number of fused-ring (bicyclic) bond motifs is 4. The van der Waals surface area contributed by atoms with Crippen LogP contribution in [0.2, 0.25) is 5.02 Å². The normalized spacial score (nSPS) is 16.4. The molecule has 1 saturated heterocycles. The van der Waals surface area contributed by atoms with Crippen LogP contribution in [0.4, 0.5) is 5.69 Å². The first-order valence-corrected chi connectivity index (χ1v) is 13.1. The number of likely N-dealkylation sites (tertiary alicyclic amines) is 1. The van der Waals surface area contributed by atoms with Crippen molar-refractivity contribution in [3.05, 3.63) is 95.1 Å². The van der Waals surface area contributed by atoms with Gasteiger partial charge >= 0.3 is 0 Å². The van der Waals surface area contributed by atoms with Gasteiger partial charge in [0.05, 0.1) is 11.6 Å². The van der Waals surface area contributed by atoms with E-state index in [1.165, 1.54) is 35.1 Å². The fourth-order valence-corrected chi connectivity index (χ4v) is 5.86. The summed E-state index contributed by atoms with van der Waals surface area (Å²) in [5, 5.41) is 9.45. The largest absolute Gasteiger partial charge is 0.384 e. The monoisotopic (exact) mass is 482 g/mol. The number of rotatable bonds is 7. The maximum absolute atomic E-state index is 6.12. The summed E-state index contributed by atoms with van der Waals surface area (Å²) in [4.78, 5) is 7.05. The number of anilines is 1. The Labute approximate surface area is 212 Å². The van der Waals surface area contributed by atoms with Crippen LogP contribution in [0.25, 0.3) is 22.0 Å². The highest BCUT2D eigenvalue weighted by Gasteiger charge is 2.30. The molecule has 6 rings (SSSR count). The molecular formula is C30H31ClN4. The molecule has 0 saturated carbocycles. The highest BCUT2D eigenvalue weighted by Crippen LogP contribution is 2.43. The molecule has 0 unspecified atom stereocenters. The van der Waals surface area contributed by atoms with Crippen molar-refractivity contribution >= 4 is 28.2 Å². The first-order chi connectivity index (χ1) is 17.3. The lowest BCUT2D eigenvalue weighted by molar-refractivity contribution is 0.193. The molecule has 0 spiro atoms. The highest BCUT2D eigenvalue weighted by atomic mass is 35.5. The summed E-state index contributed by atoms with van der Waals surface area (Å²) in [5.41, 5.74) is 7.68. The lowest BCUT2D eigenvalue weighted by atomic mass is 9.99. The molecule has 2 N–H and O–H groups in total. The molecular weight excluding hydrogens is 452 g/mol. The van der Waals surface area contributed by atoms with E-state index in [2.05, 4.69) is 69.0 Å². The fraction of sp³-hybridized carbons (Fsp3) is 0.300. The molecule has 0 radical (unpaired) electrons. The van der Waals surface area contributed by atoms with Crippen molar-refractivity contribution in [3.63, 3.8) is 0 Å². The van der Waals surface area contributed by atoms with Crippen LogP contribution in [0.1, 0.15) is 36.4 Å². The predicted molar refractivity (Wildman–Crippen MR) is 146 cm³/mol. The molecule has 2 heterocycles. The van der Waals surface area contributed by atoms with Crippen LogP contribution in [-0.4, -0.2) is 42.1 Å². The van der Waals surface area contributed by atoms with E-state index in [-0.39, 0.29) is 0 Å². The van der Waals surface area contributed by atoms with E-state index >= 15 is 0 Å². The van der Waals surface area contributed by atoms with Gasteiger partial charge in [-0.1, -0.05) is 60.1 Å². The number of nitrogens with one attached hydrogen (secondary N) is 2. The molecule has 0 bridgehead atoms. The Balaban J connectivity index is 0.998. The molecule has 4 nitrogen and oxygen atoms in total. The third-order valence-corrected chi connectivity index (χ3v) is 7.73. The van der Waals surface area contributed by atoms with E-state index in [1.807, 2.05) is 30.5 Å². The smallest absolute Gasteiger partial charge is 0.0737 e. The molecule has 5 heteroatoms. The number of benzene rings is 3. The van der Waals surface area contributed by atoms with Crippen LogP contribution < -0.4 is 10.6 Å². The SMILES string of the molecule is Clc1ccc2c(NCCCN3CCC(NC4c5ccccc5-c5ccccc54)CC3)ccnc2c1. The van der Waals surface area contributed by atoms with Gasteiger partial charge in [-0.25, -0.2) is 0 Å². The predicted octanol–water partition coefficient (Wildman–Crippen LogP) is 6.51. The van der Waals surface area contributed by atoms with Crippen molar-refractivity contribution in [1.82, 2.24) is 15.2 Å². The fourth-order valence-electron chi connectivity index (χ4n) is 5.70. The second-order valence-electron chi connectivity index (χ2n) is 9.69. The third kappa shape index (κ3) is 4.66. The van der Waals surface area contributed by atoms with E-state index < -0.39 is 0 Å². The summed E-state index contributed by atoms with van der Waals surface area (Å²) in [5.74, 6) is 0. The molecule has 0 amide bonds. The van der Waals surface area contributed by atoms with Gasteiger partial charge in [-0.2, -0.15) is 0 Å². The molecule has 35 heavy (non-hydrogen) atoms. The zero-order valence-electron chi connectivity index (χ0n) is 19.9. The van der Waals surface area contributed by atoms with Crippen LogP contribution in [0.3, 0.4) is 0 Å². The number of piperidine rings is 1. The average Bonchev–Trinajstić information content (AvgIpc) is 3.21. The molecule has 2 aliphatic rings.